The number of amides is 1. The minimum atomic E-state index is -0.679. The number of hydrogen-bond donors (Lipinski definition) is 0. The lowest BCUT2D eigenvalue weighted by molar-refractivity contribution is -0.139. The van der Waals surface area contributed by atoms with Gasteiger partial charge in [0, 0.05) is 4.47 Å². The number of fused-ring (bicyclic) bond motifs is 1. The molecular formula is C25H25BrN2O5S. The Labute approximate surface area is 211 Å². The van der Waals surface area contributed by atoms with Crippen LogP contribution in [0.2, 0.25) is 0 Å². The van der Waals surface area contributed by atoms with Gasteiger partial charge in [-0.2, -0.15) is 0 Å². The number of ether oxygens (including phenoxy) is 3. The van der Waals surface area contributed by atoms with E-state index in [1.807, 2.05) is 30.3 Å². The van der Waals surface area contributed by atoms with Crippen LogP contribution in [0.15, 0.2) is 63.2 Å². The Balaban J connectivity index is 1.76. The Morgan fingerprint density at radius 2 is 1.82 bits per heavy atom. The summed E-state index contributed by atoms with van der Waals surface area (Å²) in [5.74, 6) is 0.484. The molecule has 2 aromatic rings. The van der Waals surface area contributed by atoms with E-state index in [-0.39, 0.29) is 17.8 Å². The number of methoxy groups -OCH3 is 2. The maximum atomic E-state index is 13.7. The fraction of sp³-hybridized carbons (Fsp3) is 0.320. The summed E-state index contributed by atoms with van der Waals surface area (Å²) < 4.78 is 17.2. The molecular weight excluding hydrogens is 520 g/mol. The number of amidine groups is 1. The lowest BCUT2D eigenvalue weighted by Gasteiger charge is -2.33. The lowest BCUT2D eigenvalue weighted by Crippen LogP contribution is -2.41. The number of carbonyl (C=O) groups excluding carboxylic acids is 2. The zero-order chi connectivity index (χ0) is 24.4. The van der Waals surface area contributed by atoms with Crippen molar-refractivity contribution >= 4 is 44.7 Å². The second-order valence-electron chi connectivity index (χ2n) is 7.78. The largest absolute Gasteiger partial charge is 0.493 e. The highest BCUT2D eigenvalue weighted by Gasteiger charge is 2.47. The smallest absolute Gasteiger partial charge is 0.338 e. The van der Waals surface area contributed by atoms with E-state index in [0.717, 1.165) is 10.0 Å². The third kappa shape index (κ3) is 4.59. The first kappa shape index (κ1) is 24.3. The van der Waals surface area contributed by atoms with Gasteiger partial charge in [0.1, 0.15) is 0 Å². The second-order valence-corrected chi connectivity index (χ2v) is 9.86. The van der Waals surface area contributed by atoms with E-state index in [9.17, 15) is 9.59 Å². The van der Waals surface area contributed by atoms with Gasteiger partial charge in [-0.3, -0.25) is 9.69 Å². The maximum Gasteiger partial charge on any atom is 0.338 e. The molecule has 0 aromatic heterocycles. The summed E-state index contributed by atoms with van der Waals surface area (Å²) in [5, 5.41) is 0.231. The number of nitrogens with zero attached hydrogens (tertiary/aromatic N) is 2. The Hall–Kier alpha value is -2.78. The van der Waals surface area contributed by atoms with E-state index in [0.29, 0.717) is 39.9 Å². The highest BCUT2D eigenvalue weighted by molar-refractivity contribution is 9.10. The molecule has 2 atom stereocenters. The standard InChI is InChI=1S/C25H25BrN2O5S/c1-5-33-24(30)21-14(2)27-25-28(22(21)16-8-11-18(31-3)19(13-16)32-4)23(29)20(34-25)12-15-6-9-17(26)10-7-15/h6-11,13,20,22H,5,12H2,1-4H3/t20-,22-/m0/s1. The zero-order valence-electron chi connectivity index (χ0n) is 19.3. The van der Waals surface area contributed by atoms with Crippen molar-refractivity contribution in [1.29, 1.82) is 0 Å². The molecule has 9 heteroatoms. The average Bonchev–Trinajstić information content (AvgIpc) is 3.13. The monoisotopic (exact) mass is 544 g/mol. The van der Waals surface area contributed by atoms with E-state index < -0.39 is 12.0 Å². The third-order valence-electron chi connectivity index (χ3n) is 5.70. The van der Waals surface area contributed by atoms with Crippen molar-refractivity contribution in [2.75, 3.05) is 20.8 Å². The van der Waals surface area contributed by atoms with Crippen LogP contribution >= 0.6 is 27.7 Å². The van der Waals surface area contributed by atoms with Crippen molar-refractivity contribution in [3.8, 4) is 11.5 Å². The van der Waals surface area contributed by atoms with Crippen LogP contribution in [0.5, 0.6) is 11.5 Å². The molecule has 34 heavy (non-hydrogen) atoms. The molecule has 2 aromatic carbocycles. The Morgan fingerprint density at radius 1 is 1.12 bits per heavy atom. The number of carbonyl (C=O) groups is 2. The second kappa shape index (κ2) is 10.2. The van der Waals surface area contributed by atoms with Gasteiger partial charge in [-0.15, -0.1) is 0 Å². The average molecular weight is 545 g/mol. The van der Waals surface area contributed by atoms with Gasteiger partial charge >= 0.3 is 5.97 Å². The third-order valence-corrected chi connectivity index (χ3v) is 7.38. The molecule has 0 N–H and O–H groups in total. The first-order chi connectivity index (χ1) is 16.4. The van der Waals surface area contributed by atoms with Gasteiger partial charge in [-0.1, -0.05) is 45.9 Å². The van der Waals surface area contributed by atoms with Crippen LogP contribution in [0.1, 0.15) is 31.0 Å². The summed E-state index contributed by atoms with van der Waals surface area (Å²) >= 11 is 4.87. The molecule has 0 saturated carbocycles. The van der Waals surface area contributed by atoms with Crippen molar-refractivity contribution < 1.29 is 23.8 Å². The zero-order valence-corrected chi connectivity index (χ0v) is 21.7. The molecule has 2 aliphatic rings. The number of esters is 1. The van der Waals surface area contributed by atoms with E-state index in [4.69, 9.17) is 14.2 Å². The van der Waals surface area contributed by atoms with Crippen LogP contribution in [0.4, 0.5) is 0 Å². The van der Waals surface area contributed by atoms with Gasteiger partial charge in [0.15, 0.2) is 16.7 Å². The summed E-state index contributed by atoms with van der Waals surface area (Å²) in [4.78, 5) is 33.0. The van der Waals surface area contributed by atoms with Gasteiger partial charge < -0.3 is 14.2 Å². The van der Waals surface area contributed by atoms with Gasteiger partial charge in [0.05, 0.1) is 43.4 Å². The summed E-state index contributed by atoms with van der Waals surface area (Å²) in [5.41, 5.74) is 2.64. The van der Waals surface area contributed by atoms with Crippen molar-refractivity contribution in [2.45, 2.75) is 31.6 Å². The predicted molar refractivity (Wildman–Crippen MR) is 135 cm³/mol. The van der Waals surface area contributed by atoms with Crippen molar-refractivity contribution in [1.82, 2.24) is 4.90 Å². The molecule has 0 radical (unpaired) electrons. The lowest BCUT2D eigenvalue weighted by atomic mass is 9.93. The minimum Gasteiger partial charge on any atom is -0.493 e. The molecule has 0 spiro atoms. The Kier molecular flexibility index (Phi) is 7.33. The molecule has 7 nitrogen and oxygen atoms in total. The van der Waals surface area contributed by atoms with Crippen LogP contribution < -0.4 is 9.47 Å². The summed E-state index contributed by atoms with van der Waals surface area (Å²) in [6.45, 7) is 3.75. The van der Waals surface area contributed by atoms with Gasteiger partial charge in [0.25, 0.3) is 0 Å². The number of halogens is 1. The minimum absolute atomic E-state index is 0.0965. The number of allylic oxidation sites excluding steroid dienone is 1. The van der Waals surface area contributed by atoms with Gasteiger partial charge in [-0.25, -0.2) is 9.79 Å². The summed E-state index contributed by atoms with van der Waals surface area (Å²) in [6.07, 6.45) is 0.554. The van der Waals surface area contributed by atoms with E-state index in [1.165, 1.54) is 11.8 Å². The molecule has 2 heterocycles. The highest BCUT2D eigenvalue weighted by atomic mass is 79.9. The number of thioether (sulfide) groups is 1. The van der Waals surface area contributed by atoms with Gasteiger partial charge in [-0.05, 0) is 55.7 Å². The normalized spacial score (nSPS) is 19.6. The Morgan fingerprint density at radius 3 is 2.47 bits per heavy atom. The molecule has 178 valence electrons. The molecule has 1 amide bonds. The fourth-order valence-electron chi connectivity index (χ4n) is 4.10. The van der Waals surface area contributed by atoms with Crippen molar-refractivity contribution in [3.63, 3.8) is 0 Å². The fourth-order valence-corrected chi connectivity index (χ4v) is 5.61. The maximum absolute atomic E-state index is 13.7. The number of rotatable bonds is 7. The molecule has 1 saturated heterocycles. The van der Waals surface area contributed by atoms with Gasteiger partial charge in [0.2, 0.25) is 5.91 Å². The SMILES string of the molecule is CCOC(=O)C1=C(C)N=C2S[C@@H](Cc3ccc(Br)cc3)C(=O)N2[C@H]1c1ccc(OC)c(OC)c1. The van der Waals surface area contributed by atoms with Crippen LogP contribution in [0.25, 0.3) is 0 Å². The van der Waals surface area contributed by atoms with Crippen molar-refractivity contribution in [2.24, 2.45) is 4.99 Å². The Bertz CT molecular complexity index is 1180. The first-order valence-corrected chi connectivity index (χ1v) is 12.5. The summed E-state index contributed by atoms with van der Waals surface area (Å²) in [6, 6.07) is 12.6. The van der Waals surface area contributed by atoms with E-state index in [1.54, 1.807) is 45.1 Å². The predicted octanol–water partition coefficient (Wildman–Crippen LogP) is 4.90. The molecule has 0 unspecified atom stereocenters. The number of hydrogen-bond acceptors (Lipinski definition) is 7. The summed E-state index contributed by atoms with van der Waals surface area (Å²) in [7, 11) is 3.11. The quantitative estimate of drug-likeness (QED) is 0.461. The first-order valence-electron chi connectivity index (χ1n) is 10.8. The number of aliphatic imine (C=N–C) groups is 1. The topological polar surface area (TPSA) is 77.4 Å². The van der Waals surface area contributed by atoms with Crippen LogP contribution in [0.3, 0.4) is 0 Å². The van der Waals surface area contributed by atoms with Crippen LogP contribution in [0, 0.1) is 0 Å². The molecule has 4 rings (SSSR count). The molecule has 2 aliphatic heterocycles. The van der Waals surface area contributed by atoms with E-state index in [2.05, 4.69) is 20.9 Å². The molecule has 0 bridgehead atoms. The van der Waals surface area contributed by atoms with E-state index >= 15 is 0 Å². The highest BCUT2D eigenvalue weighted by Crippen LogP contribution is 2.45. The van der Waals surface area contributed by atoms with Crippen molar-refractivity contribution in [3.05, 3.63) is 69.3 Å². The molecule has 1 fully saturated rings. The molecule has 0 aliphatic carbocycles. The van der Waals surface area contributed by atoms with Crippen LogP contribution in [-0.2, 0) is 20.7 Å². The number of benzene rings is 2. The van der Waals surface area contributed by atoms with Crippen LogP contribution in [-0.4, -0.2) is 48.0 Å².